The van der Waals surface area contributed by atoms with Crippen molar-refractivity contribution in [1.29, 1.82) is 0 Å². The first-order valence-electron chi connectivity index (χ1n) is 12.1. The van der Waals surface area contributed by atoms with E-state index in [1.807, 2.05) is 18.3 Å². The molecule has 0 saturated heterocycles. The third-order valence-corrected chi connectivity index (χ3v) is 6.25. The molecule has 5 aromatic rings. The lowest BCUT2D eigenvalue weighted by Crippen LogP contribution is -2.19. The number of H-pyrrole nitrogens is 1. The second-order valence-corrected chi connectivity index (χ2v) is 8.80. The molecule has 1 unspecified atom stereocenters. The van der Waals surface area contributed by atoms with Gasteiger partial charge in [-0.2, -0.15) is 0 Å². The zero-order valence-corrected chi connectivity index (χ0v) is 20.0. The van der Waals surface area contributed by atoms with Crippen molar-refractivity contribution in [2.75, 3.05) is 17.2 Å². The minimum atomic E-state index is 0.153. The van der Waals surface area contributed by atoms with Gasteiger partial charge in [-0.05, 0) is 66.9 Å². The van der Waals surface area contributed by atoms with Crippen LogP contribution in [0.15, 0.2) is 103 Å². The van der Waals surface area contributed by atoms with Crippen LogP contribution < -0.4 is 16.0 Å². The summed E-state index contributed by atoms with van der Waals surface area (Å²) in [6.45, 7) is 3.85. The summed E-state index contributed by atoms with van der Waals surface area (Å²) in [6.07, 6.45) is 4.94. The molecule has 35 heavy (non-hydrogen) atoms. The molecule has 2 heterocycles. The summed E-state index contributed by atoms with van der Waals surface area (Å²) in [5, 5.41) is 11.9. The lowest BCUT2D eigenvalue weighted by Gasteiger charge is -2.15. The lowest BCUT2D eigenvalue weighted by molar-refractivity contribution is 0.562. The van der Waals surface area contributed by atoms with Crippen LogP contribution in [-0.2, 0) is 13.0 Å². The Morgan fingerprint density at radius 2 is 1.60 bits per heavy atom. The zero-order valence-electron chi connectivity index (χ0n) is 20.0. The molecule has 0 bridgehead atoms. The molecule has 0 fully saturated rings. The molecule has 4 N–H and O–H groups in total. The number of aromatic nitrogens is 2. The van der Waals surface area contributed by atoms with Crippen LogP contribution in [0, 0.1) is 0 Å². The molecule has 2 aromatic heterocycles. The third-order valence-electron chi connectivity index (χ3n) is 6.25. The van der Waals surface area contributed by atoms with Gasteiger partial charge in [-0.15, -0.1) is 0 Å². The quantitative estimate of drug-likeness (QED) is 0.184. The number of rotatable bonds is 10. The van der Waals surface area contributed by atoms with Crippen LogP contribution in [0.1, 0.15) is 29.8 Å². The van der Waals surface area contributed by atoms with Crippen LogP contribution in [-0.4, -0.2) is 16.5 Å². The number of fused-ring (bicyclic) bond motifs is 1. The third kappa shape index (κ3) is 5.89. The van der Waals surface area contributed by atoms with Crippen molar-refractivity contribution in [2.24, 2.45) is 0 Å². The minimum absolute atomic E-state index is 0.153. The molecular formula is C30H31N5. The van der Waals surface area contributed by atoms with Crippen molar-refractivity contribution < 1.29 is 0 Å². The highest BCUT2D eigenvalue weighted by molar-refractivity contribution is 5.83. The van der Waals surface area contributed by atoms with Gasteiger partial charge >= 0.3 is 0 Å². The maximum absolute atomic E-state index is 4.57. The molecular weight excluding hydrogens is 430 g/mol. The van der Waals surface area contributed by atoms with Gasteiger partial charge in [0.15, 0.2) is 0 Å². The normalized spacial score (nSPS) is 11.9. The number of benzene rings is 3. The van der Waals surface area contributed by atoms with Gasteiger partial charge in [0, 0.05) is 59.5 Å². The van der Waals surface area contributed by atoms with E-state index in [2.05, 4.69) is 118 Å². The number of nitrogens with one attached hydrogen (secondary N) is 4. The molecule has 5 heteroatoms. The molecule has 0 saturated carbocycles. The Morgan fingerprint density at radius 3 is 2.46 bits per heavy atom. The fraction of sp³-hybridized carbons (Fsp3) is 0.167. The smallest absolute Gasteiger partial charge is 0.0591 e. The average molecular weight is 462 g/mol. The predicted molar refractivity (Wildman–Crippen MR) is 146 cm³/mol. The number of hydrogen-bond acceptors (Lipinski definition) is 4. The summed E-state index contributed by atoms with van der Waals surface area (Å²) in [5.41, 5.74) is 8.01. The monoisotopic (exact) mass is 461 g/mol. The molecule has 0 radical (unpaired) electrons. The van der Waals surface area contributed by atoms with Crippen molar-refractivity contribution in [2.45, 2.75) is 25.9 Å². The lowest BCUT2D eigenvalue weighted by atomic mass is 10.1. The second kappa shape index (κ2) is 10.9. The van der Waals surface area contributed by atoms with Gasteiger partial charge in [0.1, 0.15) is 0 Å². The van der Waals surface area contributed by atoms with Gasteiger partial charge in [-0.3, -0.25) is 4.98 Å². The molecule has 0 spiro atoms. The SMILES string of the molecule is CC(NCc1ccccc1)c1cc(Nc2ccc(NCCc3c[nH]c4ccccc34)cc2)ccn1. The maximum atomic E-state index is 4.57. The minimum Gasteiger partial charge on any atom is -0.385 e. The Balaban J connectivity index is 1.13. The Morgan fingerprint density at radius 1 is 0.829 bits per heavy atom. The second-order valence-electron chi connectivity index (χ2n) is 8.80. The molecule has 5 rings (SSSR count). The van der Waals surface area contributed by atoms with E-state index in [1.165, 1.54) is 22.0 Å². The number of para-hydroxylation sites is 1. The summed E-state index contributed by atoms with van der Waals surface area (Å²) < 4.78 is 0. The van der Waals surface area contributed by atoms with Crippen LogP contribution in [0.25, 0.3) is 10.9 Å². The summed E-state index contributed by atoms with van der Waals surface area (Å²) in [5.74, 6) is 0. The summed E-state index contributed by atoms with van der Waals surface area (Å²) in [4.78, 5) is 7.91. The fourth-order valence-electron chi connectivity index (χ4n) is 4.25. The number of hydrogen-bond donors (Lipinski definition) is 4. The van der Waals surface area contributed by atoms with Crippen molar-refractivity contribution in [3.63, 3.8) is 0 Å². The molecule has 0 amide bonds. The summed E-state index contributed by atoms with van der Waals surface area (Å²) in [6, 6.07) is 31.6. The van der Waals surface area contributed by atoms with E-state index in [4.69, 9.17) is 0 Å². The topological polar surface area (TPSA) is 64.8 Å². The maximum Gasteiger partial charge on any atom is 0.0591 e. The Labute approximate surface area is 206 Å². The van der Waals surface area contributed by atoms with Gasteiger partial charge in [0.2, 0.25) is 0 Å². The Bertz CT molecular complexity index is 1360. The van der Waals surface area contributed by atoms with Gasteiger partial charge in [-0.1, -0.05) is 48.5 Å². The van der Waals surface area contributed by atoms with Crippen LogP contribution in [0.5, 0.6) is 0 Å². The van der Waals surface area contributed by atoms with Crippen molar-refractivity contribution in [3.8, 4) is 0 Å². The fourth-order valence-corrected chi connectivity index (χ4v) is 4.25. The Kier molecular flexibility index (Phi) is 7.06. The first kappa shape index (κ1) is 22.7. The first-order valence-corrected chi connectivity index (χ1v) is 12.1. The highest BCUT2D eigenvalue weighted by Gasteiger charge is 2.08. The molecule has 0 aliphatic rings. The summed E-state index contributed by atoms with van der Waals surface area (Å²) in [7, 11) is 0. The zero-order chi connectivity index (χ0) is 23.9. The van der Waals surface area contributed by atoms with E-state index in [9.17, 15) is 0 Å². The highest BCUT2D eigenvalue weighted by atomic mass is 14.9. The van der Waals surface area contributed by atoms with E-state index >= 15 is 0 Å². The number of nitrogens with zero attached hydrogens (tertiary/aromatic N) is 1. The Hall–Kier alpha value is -4.09. The van der Waals surface area contributed by atoms with Crippen molar-refractivity contribution in [3.05, 3.63) is 120 Å². The molecule has 0 aliphatic heterocycles. The predicted octanol–water partition coefficient (Wildman–Crippen LogP) is 6.81. The standard InChI is InChI=1S/C30H31N5/c1-22(33-20-23-7-3-2-4-8-23)30-19-27(16-18-32-30)35-26-13-11-25(12-14-26)31-17-15-24-21-34-29-10-6-5-9-28(24)29/h2-14,16,18-19,21-22,31,33-34H,15,17,20H2,1H3,(H,32,35). The molecule has 5 nitrogen and oxygen atoms in total. The molecule has 1 atom stereocenters. The summed E-state index contributed by atoms with van der Waals surface area (Å²) >= 11 is 0. The number of anilines is 3. The van der Waals surface area contributed by atoms with Crippen LogP contribution in [0.4, 0.5) is 17.1 Å². The van der Waals surface area contributed by atoms with Gasteiger partial charge in [0.25, 0.3) is 0 Å². The van der Waals surface area contributed by atoms with Gasteiger partial charge < -0.3 is 20.9 Å². The van der Waals surface area contributed by atoms with Crippen LogP contribution in [0.2, 0.25) is 0 Å². The largest absolute Gasteiger partial charge is 0.385 e. The number of aromatic amines is 1. The van der Waals surface area contributed by atoms with E-state index < -0.39 is 0 Å². The molecule has 176 valence electrons. The van der Waals surface area contributed by atoms with Crippen molar-refractivity contribution in [1.82, 2.24) is 15.3 Å². The van der Waals surface area contributed by atoms with E-state index in [1.54, 1.807) is 0 Å². The van der Waals surface area contributed by atoms with Gasteiger partial charge in [0.05, 0.1) is 5.69 Å². The average Bonchev–Trinajstić information content (AvgIpc) is 3.32. The van der Waals surface area contributed by atoms with E-state index in [-0.39, 0.29) is 6.04 Å². The van der Waals surface area contributed by atoms with E-state index in [0.29, 0.717) is 0 Å². The van der Waals surface area contributed by atoms with Crippen LogP contribution >= 0.6 is 0 Å². The number of pyridine rings is 1. The van der Waals surface area contributed by atoms with Gasteiger partial charge in [-0.25, -0.2) is 0 Å². The molecule has 0 aliphatic carbocycles. The van der Waals surface area contributed by atoms with Crippen molar-refractivity contribution >= 4 is 28.0 Å². The first-order chi connectivity index (χ1) is 17.2. The van der Waals surface area contributed by atoms with Crippen LogP contribution in [0.3, 0.4) is 0 Å². The van der Waals surface area contributed by atoms with E-state index in [0.717, 1.165) is 42.3 Å². The highest BCUT2D eigenvalue weighted by Crippen LogP contribution is 2.22. The molecule has 3 aromatic carbocycles.